The number of hydrogen-bond acceptors (Lipinski definition) is 4. The molecule has 1 saturated carbocycles. The topological polar surface area (TPSA) is 86.8 Å². The minimum Gasteiger partial charge on any atom is -0.352 e. The number of carbonyl (C=O) groups is 2. The summed E-state index contributed by atoms with van der Waals surface area (Å²) in [5, 5.41) is 3.04. The Bertz CT molecular complexity index is 951. The monoisotopic (exact) mass is 419 g/mol. The van der Waals surface area contributed by atoms with Crippen LogP contribution in [0, 0.1) is 0 Å². The average Bonchev–Trinajstić information content (AvgIpc) is 3.40. The maximum absolute atomic E-state index is 13.4. The molecule has 0 radical (unpaired) electrons. The molecule has 2 heterocycles. The summed E-state index contributed by atoms with van der Waals surface area (Å²) >= 11 is 0. The molecular weight excluding hydrogens is 390 g/mol. The number of rotatable bonds is 4. The van der Waals surface area contributed by atoms with Crippen LogP contribution in [0.2, 0.25) is 0 Å². The number of amides is 2. The molecule has 1 saturated heterocycles. The molecule has 3 aliphatic rings. The second-order valence-electron chi connectivity index (χ2n) is 8.93. The van der Waals surface area contributed by atoms with Crippen LogP contribution < -0.4 is 10.2 Å². The number of nitrogens with one attached hydrogen (secondary N) is 1. The van der Waals surface area contributed by atoms with Gasteiger partial charge in [-0.25, -0.2) is 8.42 Å². The Hall–Kier alpha value is -1.93. The maximum Gasteiger partial charge on any atom is 0.243 e. The van der Waals surface area contributed by atoms with E-state index in [1.807, 2.05) is 13.8 Å². The first-order valence-corrected chi connectivity index (χ1v) is 11.8. The van der Waals surface area contributed by atoms with Gasteiger partial charge in [0.2, 0.25) is 21.8 Å². The van der Waals surface area contributed by atoms with Crippen molar-refractivity contribution in [1.82, 2.24) is 9.62 Å². The van der Waals surface area contributed by atoms with Crippen molar-refractivity contribution in [3.8, 4) is 0 Å². The molecular formula is C21H29N3O4S. The molecule has 2 aliphatic heterocycles. The highest BCUT2D eigenvalue weighted by Gasteiger charge is 2.44. The predicted molar refractivity (Wildman–Crippen MR) is 110 cm³/mol. The number of carbonyl (C=O) groups excluding carboxylic acids is 2. The standard InChI is InChI=1S/C21H29N3O4S/c1-21(2)16-13-15(10-11-17(16)23(3)20(21)26)29(27,28)24-12-6-9-18(24)19(25)22-14-7-4-5-8-14/h10-11,13-14,18H,4-9,12H2,1-3H3,(H,22,25). The highest BCUT2D eigenvalue weighted by atomic mass is 32.2. The fourth-order valence-electron chi connectivity index (χ4n) is 4.91. The van der Waals surface area contributed by atoms with Gasteiger partial charge in [0.05, 0.1) is 10.3 Å². The SMILES string of the molecule is CN1C(=O)C(C)(C)c2cc(S(=O)(=O)N3CCCC3C(=O)NC3CCCC3)ccc21. The van der Waals surface area contributed by atoms with Crippen molar-refractivity contribution < 1.29 is 18.0 Å². The van der Waals surface area contributed by atoms with E-state index in [0.717, 1.165) is 31.4 Å². The molecule has 7 nitrogen and oxygen atoms in total. The third kappa shape index (κ3) is 3.26. The first-order valence-electron chi connectivity index (χ1n) is 10.4. The Balaban J connectivity index is 1.62. The number of benzene rings is 1. The van der Waals surface area contributed by atoms with Gasteiger partial charge in [0, 0.05) is 25.3 Å². The van der Waals surface area contributed by atoms with Crippen LogP contribution in [0.1, 0.15) is 57.9 Å². The zero-order valence-corrected chi connectivity index (χ0v) is 18.1. The van der Waals surface area contributed by atoms with Crippen molar-refractivity contribution in [1.29, 1.82) is 0 Å². The molecule has 0 bridgehead atoms. The minimum atomic E-state index is -3.83. The number of hydrogen-bond donors (Lipinski definition) is 1. The van der Waals surface area contributed by atoms with E-state index in [1.54, 1.807) is 30.1 Å². The van der Waals surface area contributed by atoms with Gasteiger partial charge in [0.1, 0.15) is 6.04 Å². The largest absolute Gasteiger partial charge is 0.352 e. The van der Waals surface area contributed by atoms with Gasteiger partial charge in [-0.2, -0.15) is 4.31 Å². The fraction of sp³-hybridized carbons (Fsp3) is 0.619. The Kier molecular flexibility index (Phi) is 4.98. The summed E-state index contributed by atoms with van der Waals surface area (Å²) in [7, 11) is -2.13. The van der Waals surface area contributed by atoms with Crippen LogP contribution in [0.3, 0.4) is 0 Å². The first kappa shape index (κ1) is 20.3. The second-order valence-corrected chi connectivity index (χ2v) is 10.8. The zero-order chi connectivity index (χ0) is 21.0. The van der Waals surface area contributed by atoms with Gasteiger partial charge in [0.25, 0.3) is 0 Å². The highest BCUT2D eigenvalue weighted by Crippen LogP contribution is 2.42. The summed E-state index contributed by atoms with van der Waals surface area (Å²) in [4.78, 5) is 27.0. The normalized spacial score (nSPS) is 24.9. The summed E-state index contributed by atoms with van der Waals surface area (Å²) in [6.07, 6.45) is 5.35. The first-order chi connectivity index (χ1) is 13.6. The lowest BCUT2D eigenvalue weighted by Gasteiger charge is -2.25. The molecule has 0 spiro atoms. The Morgan fingerprint density at radius 2 is 1.83 bits per heavy atom. The molecule has 1 N–H and O–H groups in total. The van der Waals surface area contributed by atoms with Crippen molar-refractivity contribution in [2.75, 3.05) is 18.5 Å². The van der Waals surface area contributed by atoms with Gasteiger partial charge >= 0.3 is 0 Å². The predicted octanol–water partition coefficient (Wildman–Crippen LogP) is 2.15. The lowest BCUT2D eigenvalue weighted by Crippen LogP contribution is -2.48. The lowest BCUT2D eigenvalue weighted by atomic mass is 9.86. The quantitative estimate of drug-likeness (QED) is 0.810. The molecule has 8 heteroatoms. The van der Waals surface area contributed by atoms with Gasteiger partial charge in [-0.3, -0.25) is 9.59 Å². The number of anilines is 1. The van der Waals surface area contributed by atoms with Crippen LogP contribution in [0.5, 0.6) is 0 Å². The average molecular weight is 420 g/mol. The molecule has 1 aliphatic carbocycles. The molecule has 0 aromatic heterocycles. The molecule has 1 unspecified atom stereocenters. The van der Waals surface area contributed by atoms with Crippen LogP contribution in [-0.2, 0) is 25.0 Å². The molecule has 2 amide bonds. The van der Waals surface area contributed by atoms with E-state index < -0.39 is 21.5 Å². The second kappa shape index (κ2) is 7.09. The third-order valence-corrected chi connectivity index (χ3v) is 8.56. The summed E-state index contributed by atoms with van der Waals surface area (Å²) in [5.41, 5.74) is 0.660. The third-order valence-electron chi connectivity index (χ3n) is 6.66. The number of sulfonamides is 1. The van der Waals surface area contributed by atoms with Crippen molar-refractivity contribution in [3.05, 3.63) is 23.8 Å². The van der Waals surface area contributed by atoms with E-state index in [-0.39, 0.29) is 22.8 Å². The molecule has 1 aromatic rings. The van der Waals surface area contributed by atoms with E-state index in [1.165, 1.54) is 4.31 Å². The van der Waals surface area contributed by atoms with Gasteiger partial charge in [-0.05, 0) is 63.3 Å². The zero-order valence-electron chi connectivity index (χ0n) is 17.3. The maximum atomic E-state index is 13.4. The van der Waals surface area contributed by atoms with Gasteiger partial charge in [-0.15, -0.1) is 0 Å². The molecule has 2 fully saturated rings. The van der Waals surface area contributed by atoms with Crippen molar-refractivity contribution in [3.63, 3.8) is 0 Å². The summed E-state index contributed by atoms with van der Waals surface area (Å²) in [6.45, 7) is 3.95. The van der Waals surface area contributed by atoms with Gasteiger partial charge in [0.15, 0.2) is 0 Å². The lowest BCUT2D eigenvalue weighted by molar-refractivity contribution is -0.125. The number of nitrogens with zero attached hydrogens (tertiary/aromatic N) is 2. The minimum absolute atomic E-state index is 0.0583. The van der Waals surface area contributed by atoms with E-state index in [2.05, 4.69) is 5.32 Å². The van der Waals surface area contributed by atoms with Crippen molar-refractivity contribution >= 4 is 27.5 Å². The van der Waals surface area contributed by atoms with E-state index in [0.29, 0.717) is 24.9 Å². The van der Waals surface area contributed by atoms with Crippen LogP contribution in [0.15, 0.2) is 23.1 Å². The molecule has 29 heavy (non-hydrogen) atoms. The van der Waals surface area contributed by atoms with Crippen LogP contribution in [0.25, 0.3) is 0 Å². The smallest absolute Gasteiger partial charge is 0.243 e. The summed E-state index contributed by atoms with van der Waals surface area (Å²) in [5.74, 6) is -0.244. The van der Waals surface area contributed by atoms with E-state index in [9.17, 15) is 18.0 Å². The van der Waals surface area contributed by atoms with Gasteiger partial charge < -0.3 is 10.2 Å². The van der Waals surface area contributed by atoms with Crippen molar-refractivity contribution in [2.24, 2.45) is 0 Å². The van der Waals surface area contributed by atoms with Crippen LogP contribution in [0.4, 0.5) is 5.69 Å². The summed E-state index contributed by atoms with van der Waals surface area (Å²) < 4.78 is 28.2. The molecule has 4 rings (SSSR count). The van der Waals surface area contributed by atoms with Crippen molar-refractivity contribution in [2.45, 2.75) is 74.8 Å². The van der Waals surface area contributed by atoms with Gasteiger partial charge in [-0.1, -0.05) is 12.8 Å². The Morgan fingerprint density at radius 3 is 2.52 bits per heavy atom. The van der Waals surface area contributed by atoms with E-state index >= 15 is 0 Å². The fourth-order valence-corrected chi connectivity index (χ4v) is 6.59. The van der Waals surface area contributed by atoms with Crippen LogP contribution in [-0.4, -0.2) is 50.2 Å². The van der Waals surface area contributed by atoms with Crippen LogP contribution >= 0.6 is 0 Å². The number of fused-ring (bicyclic) bond motifs is 1. The summed E-state index contributed by atoms with van der Waals surface area (Å²) in [6, 6.07) is 4.35. The molecule has 1 aromatic carbocycles. The van der Waals surface area contributed by atoms with E-state index in [4.69, 9.17) is 0 Å². The molecule has 158 valence electrons. The highest BCUT2D eigenvalue weighted by molar-refractivity contribution is 7.89. The Labute approximate surface area is 172 Å². The number of likely N-dealkylation sites (N-methyl/N-ethyl adjacent to an activating group) is 1. The Morgan fingerprint density at radius 1 is 1.14 bits per heavy atom. The molecule has 1 atom stereocenters.